The Labute approximate surface area is 122 Å². The maximum absolute atomic E-state index is 12.0. The molecule has 0 saturated carbocycles. The zero-order valence-electron chi connectivity index (χ0n) is 11.5. The highest BCUT2D eigenvalue weighted by Crippen LogP contribution is 2.16. The number of sulfone groups is 1. The van der Waals surface area contributed by atoms with Gasteiger partial charge in [-0.2, -0.15) is 0 Å². The van der Waals surface area contributed by atoms with Crippen molar-refractivity contribution in [1.29, 1.82) is 0 Å². The third-order valence-corrected chi connectivity index (χ3v) is 4.97. The van der Waals surface area contributed by atoms with Crippen molar-refractivity contribution in [2.75, 3.05) is 24.6 Å². The highest BCUT2D eigenvalue weighted by atomic mass is 35.5. The molecule has 1 unspecified atom stereocenters. The van der Waals surface area contributed by atoms with E-state index in [-0.39, 0.29) is 35.9 Å². The van der Waals surface area contributed by atoms with Crippen molar-refractivity contribution in [3.8, 4) is 0 Å². The molecule has 0 aromatic rings. The van der Waals surface area contributed by atoms with Crippen molar-refractivity contribution in [3.63, 3.8) is 0 Å². The number of hydrogen-bond acceptors (Lipinski definition) is 4. The molecule has 19 heavy (non-hydrogen) atoms. The summed E-state index contributed by atoms with van der Waals surface area (Å²) in [5, 5.41) is 0. The molecule has 1 heterocycles. The lowest BCUT2D eigenvalue weighted by molar-refractivity contribution is -0.129. The molecule has 7 heteroatoms. The second kappa shape index (κ2) is 8.76. The first-order valence-electron chi connectivity index (χ1n) is 6.70. The Bertz CT molecular complexity index is 373. The van der Waals surface area contributed by atoms with E-state index in [9.17, 15) is 13.2 Å². The normalized spacial score (nSPS) is 19.3. The molecule has 1 amide bonds. The Morgan fingerprint density at radius 1 is 1.37 bits per heavy atom. The van der Waals surface area contributed by atoms with Gasteiger partial charge in [0.25, 0.3) is 0 Å². The van der Waals surface area contributed by atoms with Crippen LogP contribution in [0.3, 0.4) is 0 Å². The number of unbranched alkanes of at least 4 members (excludes halogenated alkanes) is 2. The molecule has 1 fully saturated rings. The summed E-state index contributed by atoms with van der Waals surface area (Å²) >= 11 is 0. The summed E-state index contributed by atoms with van der Waals surface area (Å²) in [6.07, 6.45) is 4.32. The average molecular weight is 313 g/mol. The van der Waals surface area contributed by atoms with Crippen LogP contribution >= 0.6 is 12.4 Å². The van der Waals surface area contributed by atoms with Crippen LogP contribution in [-0.4, -0.2) is 49.9 Å². The standard InChI is InChI=1S/C12H24N2O3S.ClH/c1-2-3-4-8-18(16,17)10-12(15)14-7-5-6-11(14)9-13;/h11H,2-10,13H2,1H3;1H. The van der Waals surface area contributed by atoms with Gasteiger partial charge in [-0.25, -0.2) is 8.42 Å². The number of rotatable bonds is 7. The maximum atomic E-state index is 12.0. The number of nitrogens with zero attached hydrogens (tertiary/aromatic N) is 1. The van der Waals surface area contributed by atoms with Crippen LogP contribution in [0.25, 0.3) is 0 Å². The summed E-state index contributed by atoms with van der Waals surface area (Å²) < 4.78 is 23.6. The Balaban J connectivity index is 0.00000324. The molecule has 0 bridgehead atoms. The van der Waals surface area contributed by atoms with Gasteiger partial charge in [0, 0.05) is 19.1 Å². The van der Waals surface area contributed by atoms with Crippen molar-refractivity contribution >= 4 is 28.2 Å². The van der Waals surface area contributed by atoms with E-state index in [4.69, 9.17) is 5.73 Å². The van der Waals surface area contributed by atoms with E-state index >= 15 is 0 Å². The van der Waals surface area contributed by atoms with Gasteiger partial charge in [0.1, 0.15) is 5.75 Å². The third-order valence-electron chi connectivity index (χ3n) is 3.37. The summed E-state index contributed by atoms with van der Waals surface area (Å²) in [4.78, 5) is 13.6. The maximum Gasteiger partial charge on any atom is 0.238 e. The van der Waals surface area contributed by atoms with Gasteiger partial charge in [0.05, 0.1) is 5.75 Å². The fourth-order valence-corrected chi connectivity index (χ4v) is 3.65. The Morgan fingerprint density at radius 2 is 2.05 bits per heavy atom. The number of nitrogens with two attached hydrogens (primary N) is 1. The zero-order chi connectivity index (χ0) is 13.6. The minimum atomic E-state index is -3.25. The molecule has 1 saturated heterocycles. The minimum Gasteiger partial charge on any atom is -0.338 e. The van der Waals surface area contributed by atoms with Crippen LogP contribution < -0.4 is 5.73 Å². The fraction of sp³-hybridized carbons (Fsp3) is 0.917. The van der Waals surface area contributed by atoms with Gasteiger partial charge in [0.15, 0.2) is 9.84 Å². The smallest absolute Gasteiger partial charge is 0.238 e. The third kappa shape index (κ3) is 6.10. The summed E-state index contributed by atoms with van der Waals surface area (Å²) in [5.41, 5.74) is 5.58. The monoisotopic (exact) mass is 312 g/mol. The molecule has 0 aromatic carbocycles. The van der Waals surface area contributed by atoms with Crippen molar-refractivity contribution in [3.05, 3.63) is 0 Å². The second-order valence-corrected chi connectivity index (χ2v) is 7.10. The predicted molar refractivity (Wildman–Crippen MR) is 79.2 cm³/mol. The molecule has 114 valence electrons. The number of carbonyl (C=O) groups is 1. The number of likely N-dealkylation sites (tertiary alicyclic amines) is 1. The average Bonchev–Trinajstić information content (AvgIpc) is 2.76. The van der Waals surface area contributed by atoms with Crippen LogP contribution in [0.5, 0.6) is 0 Å². The summed E-state index contributed by atoms with van der Waals surface area (Å²) in [6.45, 7) is 3.08. The number of hydrogen-bond donors (Lipinski definition) is 1. The highest BCUT2D eigenvalue weighted by molar-refractivity contribution is 7.92. The number of carbonyl (C=O) groups excluding carboxylic acids is 1. The lowest BCUT2D eigenvalue weighted by Crippen LogP contribution is -2.42. The topological polar surface area (TPSA) is 80.5 Å². The first-order valence-corrected chi connectivity index (χ1v) is 8.52. The van der Waals surface area contributed by atoms with Gasteiger partial charge in [-0.3, -0.25) is 4.79 Å². The lowest BCUT2D eigenvalue weighted by atomic mass is 10.2. The van der Waals surface area contributed by atoms with Crippen LogP contribution in [0, 0.1) is 0 Å². The summed E-state index contributed by atoms with van der Waals surface area (Å²) in [5.74, 6) is -0.513. The molecular weight excluding hydrogens is 288 g/mol. The molecular formula is C12H25ClN2O3S. The molecule has 1 aliphatic heterocycles. The predicted octanol–water partition coefficient (Wildman–Crippen LogP) is 0.963. The number of halogens is 1. The molecule has 1 atom stereocenters. The van der Waals surface area contributed by atoms with Gasteiger partial charge in [-0.15, -0.1) is 12.4 Å². The van der Waals surface area contributed by atoms with Gasteiger partial charge < -0.3 is 10.6 Å². The van der Waals surface area contributed by atoms with Crippen molar-refractivity contribution in [1.82, 2.24) is 4.90 Å². The molecule has 0 aromatic heterocycles. The van der Waals surface area contributed by atoms with Crippen LogP contribution in [0.1, 0.15) is 39.0 Å². The van der Waals surface area contributed by atoms with Crippen molar-refractivity contribution in [2.24, 2.45) is 5.73 Å². The first kappa shape index (κ1) is 18.7. The summed E-state index contributed by atoms with van der Waals surface area (Å²) in [6, 6.07) is 0.0309. The quantitative estimate of drug-likeness (QED) is 0.710. The van der Waals surface area contributed by atoms with E-state index in [0.29, 0.717) is 19.5 Å². The second-order valence-electron chi connectivity index (χ2n) is 4.92. The largest absolute Gasteiger partial charge is 0.338 e. The van der Waals surface area contributed by atoms with Crippen LogP contribution in [0.4, 0.5) is 0 Å². The zero-order valence-corrected chi connectivity index (χ0v) is 13.1. The van der Waals surface area contributed by atoms with Gasteiger partial charge in [0.2, 0.25) is 5.91 Å². The van der Waals surface area contributed by atoms with E-state index < -0.39 is 9.84 Å². The molecule has 1 rings (SSSR count). The van der Waals surface area contributed by atoms with Crippen LogP contribution in [-0.2, 0) is 14.6 Å². The van der Waals surface area contributed by atoms with Gasteiger partial charge in [-0.1, -0.05) is 19.8 Å². The minimum absolute atomic E-state index is 0. The molecule has 0 spiro atoms. The lowest BCUT2D eigenvalue weighted by Gasteiger charge is -2.23. The van der Waals surface area contributed by atoms with Gasteiger partial charge in [-0.05, 0) is 19.3 Å². The Hall–Kier alpha value is -0.330. The van der Waals surface area contributed by atoms with Crippen LogP contribution in [0.2, 0.25) is 0 Å². The fourth-order valence-electron chi connectivity index (χ4n) is 2.32. The molecule has 0 aliphatic carbocycles. The molecule has 1 aliphatic rings. The van der Waals surface area contributed by atoms with Crippen molar-refractivity contribution < 1.29 is 13.2 Å². The molecule has 2 N–H and O–H groups in total. The Kier molecular flexibility index (Phi) is 8.61. The van der Waals surface area contributed by atoms with Crippen LogP contribution in [0.15, 0.2) is 0 Å². The molecule has 0 radical (unpaired) electrons. The van der Waals surface area contributed by atoms with E-state index in [1.54, 1.807) is 4.90 Å². The van der Waals surface area contributed by atoms with Gasteiger partial charge >= 0.3 is 0 Å². The van der Waals surface area contributed by atoms with Crippen molar-refractivity contribution in [2.45, 2.75) is 45.1 Å². The SMILES string of the molecule is CCCCCS(=O)(=O)CC(=O)N1CCCC1CN.Cl. The van der Waals surface area contributed by atoms with E-state index in [1.807, 2.05) is 6.92 Å². The first-order chi connectivity index (χ1) is 8.50. The Morgan fingerprint density at radius 3 is 2.63 bits per heavy atom. The number of amides is 1. The summed E-state index contributed by atoms with van der Waals surface area (Å²) in [7, 11) is -3.25. The van der Waals surface area contributed by atoms with E-state index in [1.165, 1.54) is 0 Å². The van der Waals surface area contributed by atoms with E-state index in [0.717, 1.165) is 25.7 Å². The highest BCUT2D eigenvalue weighted by Gasteiger charge is 2.30. The van der Waals surface area contributed by atoms with E-state index in [2.05, 4.69) is 0 Å². The molecule has 5 nitrogen and oxygen atoms in total.